The van der Waals surface area contributed by atoms with Gasteiger partial charge in [-0.3, -0.25) is 9.59 Å². The van der Waals surface area contributed by atoms with Crippen molar-refractivity contribution >= 4 is 23.5 Å². The highest BCUT2D eigenvalue weighted by Crippen LogP contribution is 2.53. The number of hydrogen-bond donors (Lipinski definition) is 4. The van der Waals surface area contributed by atoms with Gasteiger partial charge in [0.25, 0.3) is 0 Å². The van der Waals surface area contributed by atoms with E-state index in [0.29, 0.717) is 25.8 Å². The monoisotopic (exact) mass is 382 g/mol. The molecule has 0 aromatic rings. The molecular formula is C18H30N4O5. The van der Waals surface area contributed by atoms with Gasteiger partial charge in [0.15, 0.2) is 11.6 Å². The fraction of sp³-hybridized carbons (Fsp3) is 0.778. The van der Waals surface area contributed by atoms with Crippen molar-refractivity contribution in [1.29, 1.82) is 0 Å². The van der Waals surface area contributed by atoms with Gasteiger partial charge in [0.2, 0.25) is 0 Å². The van der Waals surface area contributed by atoms with Gasteiger partial charge in [0.1, 0.15) is 17.0 Å². The van der Waals surface area contributed by atoms with Gasteiger partial charge in [-0.05, 0) is 45.1 Å². The highest BCUT2D eigenvalue weighted by atomic mass is 16.6. The summed E-state index contributed by atoms with van der Waals surface area (Å²) in [5.41, 5.74) is 13.8. The van der Waals surface area contributed by atoms with Gasteiger partial charge in [-0.1, -0.05) is 13.3 Å². The Hall–Kier alpha value is -1.68. The van der Waals surface area contributed by atoms with Gasteiger partial charge in [-0.15, -0.1) is 0 Å². The summed E-state index contributed by atoms with van der Waals surface area (Å²) in [5, 5.41) is 3.08. The van der Waals surface area contributed by atoms with Crippen molar-refractivity contribution in [3.8, 4) is 0 Å². The summed E-state index contributed by atoms with van der Waals surface area (Å²) < 4.78 is 4.86. The van der Waals surface area contributed by atoms with E-state index in [4.69, 9.17) is 21.9 Å². The Balaban J connectivity index is 2.55. The van der Waals surface area contributed by atoms with E-state index in [9.17, 15) is 19.2 Å². The molecule has 9 heteroatoms. The van der Waals surface area contributed by atoms with Gasteiger partial charge in [0, 0.05) is 0 Å². The predicted molar refractivity (Wildman–Crippen MR) is 97.2 cm³/mol. The number of hydrogen-bond acceptors (Lipinski definition) is 9. The summed E-state index contributed by atoms with van der Waals surface area (Å²) in [5.74, 6) is -3.50. The van der Waals surface area contributed by atoms with Crippen LogP contribution in [0.4, 0.5) is 0 Å². The number of nitrogens with one attached hydrogen (secondary N) is 1. The first kappa shape index (κ1) is 21.6. The minimum Gasteiger partial charge on any atom is -0.391 e. The van der Waals surface area contributed by atoms with Crippen LogP contribution in [0.25, 0.3) is 0 Å². The third kappa shape index (κ3) is 3.33. The average Bonchev–Trinajstić information content (AvgIpc) is 3.27. The van der Waals surface area contributed by atoms with E-state index in [2.05, 4.69) is 5.32 Å². The standard InChI is InChI=1S/C18H30N4O5/c1-3-11-6-7-17(21,16(26)27-15(25)10(2)20)18(11,13(23)9-19)14(24)12-5-4-8-22-12/h10-12,22H,3-9,19-21H2,1-2H3. The van der Waals surface area contributed by atoms with Crippen molar-refractivity contribution in [2.45, 2.75) is 63.6 Å². The van der Waals surface area contributed by atoms with Crippen molar-refractivity contribution in [3.05, 3.63) is 0 Å². The molecule has 1 aliphatic heterocycles. The Morgan fingerprint density at radius 1 is 1.26 bits per heavy atom. The van der Waals surface area contributed by atoms with Crippen LogP contribution in [0.15, 0.2) is 0 Å². The van der Waals surface area contributed by atoms with E-state index in [1.807, 2.05) is 6.92 Å². The average molecular weight is 382 g/mol. The highest BCUT2D eigenvalue weighted by Gasteiger charge is 2.70. The molecular weight excluding hydrogens is 352 g/mol. The van der Waals surface area contributed by atoms with Gasteiger partial charge in [0.05, 0.1) is 12.6 Å². The van der Waals surface area contributed by atoms with Gasteiger partial charge >= 0.3 is 11.9 Å². The van der Waals surface area contributed by atoms with E-state index < -0.39 is 59.0 Å². The minimum absolute atomic E-state index is 0.0563. The number of ether oxygens (including phenoxy) is 1. The lowest BCUT2D eigenvalue weighted by Crippen LogP contribution is -2.70. The second-order valence-corrected chi connectivity index (χ2v) is 7.56. The first-order valence-corrected chi connectivity index (χ1v) is 9.48. The third-order valence-corrected chi connectivity index (χ3v) is 6.02. The van der Waals surface area contributed by atoms with E-state index >= 15 is 0 Å². The lowest BCUT2D eigenvalue weighted by atomic mass is 9.60. The zero-order chi connectivity index (χ0) is 20.4. The molecule has 0 radical (unpaired) electrons. The molecule has 2 aliphatic rings. The van der Waals surface area contributed by atoms with Crippen LogP contribution in [0.3, 0.4) is 0 Å². The molecule has 1 heterocycles. The molecule has 152 valence electrons. The molecule has 27 heavy (non-hydrogen) atoms. The van der Waals surface area contributed by atoms with Gasteiger partial charge in [-0.2, -0.15) is 0 Å². The topological polar surface area (TPSA) is 168 Å². The molecule has 9 nitrogen and oxygen atoms in total. The van der Waals surface area contributed by atoms with E-state index in [1.165, 1.54) is 6.92 Å². The second-order valence-electron chi connectivity index (χ2n) is 7.56. The summed E-state index contributed by atoms with van der Waals surface area (Å²) in [6, 6.07) is -1.61. The molecule has 5 unspecified atom stereocenters. The minimum atomic E-state index is -1.95. The smallest absolute Gasteiger partial charge is 0.335 e. The van der Waals surface area contributed by atoms with E-state index in [0.717, 1.165) is 6.42 Å². The number of ketones is 2. The zero-order valence-corrected chi connectivity index (χ0v) is 16.0. The summed E-state index contributed by atoms with van der Waals surface area (Å²) in [7, 11) is 0. The largest absolute Gasteiger partial charge is 0.391 e. The van der Waals surface area contributed by atoms with Crippen LogP contribution in [-0.2, 0) is 23.9 Å². The van der Waals surface area contributed by atoms with Crippen LogP contribution in [0, 0.1) is 11.3 Å². The summed E-state index contributed by atoms with van der Waals surface area (Å²) in [4.78, 5) is 51.4. The quantitative estimate of drug-likeness (QED) is 0.311. The maximum absolute atomic E-state index is 13.5. The molecule has 0 amide bonds. The first-order valence-electron chi connectivity index (χ1n) is 9.48. The summed E-state index contributed by atoms with van der Waals surface area (Å²) in [6.07, 6.45) is 2.25. The molecule has 0 spiro atoms. The number of carbonyl (C=O) groups is 4. The SMILES string of the molecule is CCC1CCC(N)(C(=O)OC(=O)C(C)N)C1(C(=O)CN)C(=O)C1CCCN1. The summed E-state index contributed by atoms with van der Waals surface area (Å²) in [6.45, 7) is 3.42. The molecule has 7 N–H and O–H groups in total. The number of esters is 2. The van der Waals surface area contributed by atoms with Gasteiger partial charge in [-0.25, -0.2) is 9.59 Å². The van der Waals surface area contributed by atoms with Crippen LogP contribution < -0.4 is 22.5 Å². The Bertz CT molecular complexity index is 631. The van der Waals surface area contributed by atoms with Crippen LogP contribution in [0.5, 0.6) is 0 Å². The maximum atomic E-state index is 13.5. The number of carbonyl (C=O) groups excluding carboxylic acids is 4. The van der Waals surface area contributed by atoms with Crippen molar-refractivity contribution < 1.29 is 23.9 Å². The second kappa shape index (κ2) is 8.14. The highest BCUT2D eigenvalue weighted by molar-refractivity contribution is 6.16. The van der Waals surface area contributed by atoms with Crippen LogP contribution >= 0.6 is 0 Å². The molecule has 1 saturated heterocycles. The van der Waals surface area contributed by atoms with E-state index in [-0.39, 0.29) is 6.42 Å². The van der Waals surface area contributed by atoms with Crippen molar-refractivity contribution in [3.63, 3.8) is 0 Å². The lowest BCUT2D eigenvalue weighted by molar-refractivity contribution is -0.172. The number of rotatable bonds is 7. The van der Waals surface area contributed by atoms with Gasteiger partial charge < -0.3 is 27.3 Å². The Morgan fingerprint density at radius 2 is 1.93 bits per heavy atom. The Labute approximate surface area is 158 Å². The van der Waals surface area contributed by atoms with Crippen molar-refractivity contribution in [1.82, 2.24) is 5.32 Å². The molecule has 1 saturated carbocycles. The maximum Gasteiger partial charge on any atom is 0.335 e. The Kier molecular flexibility index (Phi) is 6.51. The lowest BCUT2D eigenvalue weighted by Gasteiger charge is -2.43. The molecule has 2 fully saturated rings. The van der Waals surface area contributed by atoms with Crippen LogP contribution in [-0.4, -0.2) is 54.2 Å². The molecule has 0 bridgehead atoms. The van der Waals surface area contributed by atoms with Crippen molar-refractivity contribution in [2.75, 3.05) is 13.1 Å². The fourth-order valence-corrected chi connectivity index (χ4v) is 4.61. The normalized spacial score (nSPS) is 34.3. The Morgan fingerprint density at radius 3 is 2.41 bits per heavy atom. The van der Waals surface area contributed by atoms with Crippen LogP contribution in [0.1, 0.15) is 46.0 Å². The fourth-order valence-electron chi connectivity index (χ4n) is 4.61. The molecule has 0 aromatic carbocycles. The first-order chi connectivity index (χ1) is 12.7. The third-order valence-electron chi connectivity index (χ3n) is 6.02. The summed E-state index contributed by atoms with van der Waals surface area (Å²) >= 11 is 0. The molecule has 1 aliphatic carbocycles. The van der Waals surface area contributed by atoms with E-state index in [1.54, 1.807) is 0 Å². The molecule has 5 atom stereocenters. The number of Topliss-reactive ketones (excluding diaryl/α,β-unsaturated/α-hetero) is 2. The zero-order valence-electron chi connectivity index (χ0n) is 16.0. The van der Waals surface area contributed by atoms with Crippen LogP contribution in [0.2, 0.25) is 0 Å². The van der Waals surface area contributed by atoms with Crippen molar-refractivity contribution in [2.24, 2.45) is 28.5 Å². The molecule has 0 aromatic heterocycles. The predicted octanol–water partition coefficient (Wildman–Crippen LogP) is -1.24. The number of nitrogens with two attached hydrogens (primary N) is 3. The molecule has 2 rings (SSSR count).